The molecule has 3 aromatic rings. The lowest BCUT2D eigenvalue weighted by atomic mass is 10.1. The highest BCUT2D eigenvalue weighted by Gasteiger charge is 2.31. The quantitative estimate of drug-likeness (QED) is 0.714. The standard InChI is InChI=1S/C19H21N5O3/c1-26-19-14(4-2-7-20-19)11-23-12-15-6-8-22-24(15)17(13-23)18(25)21-10-16-5-3-9-27-16/h2-9,17H,10-13H2,1H3,(H,21,25)/t17-/m1/s1. The third-order valence-electron chi connectivity index (χ3n) is 4.62. The molecule has 0 unspecified atom stereocenters. The lowest BCUT2D eigenvalue weighted by Crippen LogP contribution is -2.44. The third-order valence-corrected chi connectivity index (χ3v) is 4.62. The fraction of sp³-hybridized carbons (Fsp3) is 0.316. The van der Waals surface area contributed by atoms with Crippen molar-refractivity contribution in [1.82, 2.24) is 25.0 Å². The van der Waals surface area contributed by atoms with Gasteiger partial charge in [0.1, 0.15) is 11.8 Å². The van der Waals surface area contributed by atoms with Gasteiger partial charge in [-0.15, -0.1) is 0 Å². The van der Waals surface area contributed by atoms with Gasteiger partial charge in [0.2, 0.25) is 11.8 Å². The average molecular weight is 367 g/mol. The maximum Gasteiger partial charge on any atom is 0.246 e. The third kappa shape index (κ3) is 3.70. The van der Waals surface area contributed by atoms with Crippen LogP contribution in [0.25, 0.3) is 0 Å². The zero-order chi connectivity index (χ0) is 18.6. The van der Waals surface area contributed by atoms with Crippen LogP contribution >= 0.6 is 0 Å². The molecule has 0 radical (unpaired) electrons. The highest BCUT2D eigenvalue weighted by molar-refractivity contribution is 5.80. The van der Waals surface area contributed by atoms with Gasteiger partial charge in [0.05, 0.1) is 25.6 Å². The van der Waals surface area contributed by atoms with Crippen LogP contribution in [0.5, 0.6) is 5.88 Å². The molecule has 0 fully saturated rings. The monoisotopic (exact) mass is 367 g/mol. The number of aromatic nitrogens is 3. The number of hydrogen-bond donors (Lipinski definition) is 1. The Morgan fingerprint density at radius 2 is 2.26 bits per heavy atom. The van der Waals surface area contributed by atoms with Crippen LogP contribution in [0, 0.1) is 0 Å². The minimum atomic E-state index is -0.402. The molecule has 1 amide bonds. The lowest BCUT2D eigenvalue weighted by molar-refractivity contribution is -0.126. The van der Waals surface area contributed by atoms with Gasteiger partial charge >= 0.3 is 0 Å². The summed E-state index contributed by atoms with van der Waals surface area (Å²) in [5, 5.41) is 7.28. The molecule has 0 aliphatic carbocycles. The second-order valence-corrected chi connectivity index (χ2v) is 6.42. The minimum Gasteiger partial charge on any atom is -0.481 e. The van der Waals surface area contributed by atoms with Gasteiger partial charge < -0.3 is 14.5 Å². The lowest BCUT2D eigenvalue weighted by Gasteiger charge is -2.33. The van der Waals surface area contributed by atoms with Crippen molar-refractivity contribution in [2.75, 3.05) is 13.7 Å². The number of carbonyl (C=O) groups is 1. The van der Waals surface area contributed by atoms with E-state index in [2.05, 4.69) is 20.3 Å². The molecule has 0 saturated heterocycles. The number of pyridine rings is 1. The van der Waals surface area contributed by atoms with E-state index >= 15 is 0 Å². The number of fused-ring (bicyclic) bond motifs is 1. The largest absolute Gasteiger partial charge is 0.481 e. The molecular formula is C19H21N5O3. The summed E-state index contributed by atoms with van der Waals surface area (Å²) in [7, 11) is 1.61. The van der Waals surface area contributed by atoms with E-state index in [1.54, 1.807) is 36.5 Å². The van der Waals surface area contributed by atoms with Crippen LogP contribution in [0.1, 0.15) is 23.1 Å². The molecule has 8 nitrogen and oxygen atoms in total. The first-order valence-corrected chi connectivity index (χ1v) is 8.77. The summed E-state index contributed by atoms with van der Waals surface area (Å²) in [4.78, 5) is 19.3. The van der Waals surface area contributed by atoms with Gasteiger partial charge in [0.15, 0.2) is 0 Å². The second-order valence-electron chi connectivity index (χ2n) is 6.42. The molecule has 1 atom stereocenters. The molecule has 4 rings (SSSR count). The minimum absolute atomic E-state index is 0.0841. The summed E-state index contributed by atoms with van der Waals surface area (Å²) in [6.07, 6.45) is 5.03. The van der Waals surface area contributed by atoms with Gasteiger partial charge in [0.25, 0.3) is 0 Å². The highest BCUT2D eigenvalue weighted by atomic mass is 16.5. The van der Waals surface area contributed by atoms with E-state index in [9.17, 15) is 4.79 Å². The van der Waals surface area contributed by atoms with E-state index < -0.39 is 6.04 Å². The number of furan rings is 1. The Morgan fingerprint density at radius 1 is 1.33 bits per heavy atom. The molecular weight excluding hydrogens is 346 g/mol. The van der Waals surface area contributed by atoms with Crippen molar-refractivity contribution in [1.29, 1.82) is 0 Å². The Labute approximate surface area is 156 Å². The number of nitrogens with one attached hydrogen (secondary N) is 1. The Bertz CT molecular complexity index is 906. The number of hydrogen-bond acceptors (Lipinski definition) is 6. The number of amides is 1. The SMILES string of the molecule is COc1ncccc1CN1Cc2ccnn2[C@@H](C(=O)NCc2ccco2)C1. The van der Waals surface area contributed by atoms with Crippen LogP contribution in [0.15, 0.2) is 53.4 Å². The van der Waals surface area contributed by atoms with Crippen molar-refractivity contribution in [2.45, 2.75) is 25.7 Å². The molecule has 140 valence electrons. The fourth-order valence-electron chi connectivity index (χ4n) is 3.35. The summed E-state index contributed by atoms with van der Waals surface area (Å²) < 4.78 is 12.4. The van der Waals surface area contributed by atoms with Crippen LogP contribution < -0.4 is 10.1 Å². The average Bonchev–Trinajstić information content (AvgIpc) is 3.37. The highest BCUT2D eigenvalue weighted by Crippen LogP contribution is 2.24. The van der Waals surface area contributed by atoms with Gasteiger partial charge in [-0.2, -0.15) is 5.10 Å². The van der Waals surface area contributed by atoms with Gasteiger partial charge in [0, 0.05) is 37.6 Å². The van der Waals surface area contributed by atoms with Crippen LogP contribution in [0.4, 0.5) is 0 Å². The van der Waals surface area contributed by atoms with Gasteiger partial charge in [-0.25, -0.2) is 4.98 Å². The normalized spacial score (nSPS) is 16.7. The molecule has 0 saturated carbocycles. The maximum atomic E-state index is 12.8. The van der Waals surface area contributed by atoms with Crippen LogP contribution in [-0.2, 0) is 24.4 Å². The summed E-state index contributed by atoms with van der Waals surface area (Å²) in [6.45, 7) is 2.26. The number of ether oxygens (including phenoxy) is 1. The topological polar surface area (TPSA) is 85.4 Å². The first-order valence-electron chi connectivity index (χ1n) is 8.77. The van der Waals surface area contributed by atoms with Crippen molar-refractivity contribution >= 4 is 5.91 Å². The molecule has 3 aromatic heterocycles. The summed E-state index contributed by atoms with van der Waals surface area (Å²) in [5.74, 6) is 1.24. The predicted molar refractivity (Wildman–Crippen MR) is 96.7 cm³/mol. The molecule has 0 spiro atoms. The number of nitrogens with zero attached hydrogens (tertiary/aromatic N) is 4. The second kappa shape index (κ2) is 7.63. The van der Waals surface area contributed by atoms with E-state index in [0.717, 1.165) is 17.0 Å². The first kappa shape index (κ1) is 17.3. The Kier molecular flexibility index (Phi) is 4.88. The Hall–Kier alpha value is -3.13. The summed E-state index contributed by atoms with van der Waals surface area (Å²) in [5.41, 5.74) is 1.99. The van der Waals surface area contributed by atoms with Gasteiger partial charge in [-0.3, -0.25) is 14.4 Å². The molecule has 4 heterocycles. The zero-order valence-corrected chi connectivity index (χ0v) is 15.0. The van der Waals surface area contributed by atoms with Crippen LogP contribution in [-0.4, -0.2) is 39.2 Å². The van der Waals surface area contributed by atoms with Crippen molar-refractivity contribution in [3.05, 3.63) is 66.0 Å². The van der Waals surface area contributed by atoms with E-state index in [-0.39, 0.29) is 5.91 Å². The summed E-state index contributed by atoms with van der Waals surface area (Å²) >= 11 is 0. The van der Waals surface area contributed by atoms with Crippen molar-refractivity contribution in [2.24, 2.45) is 0 Å². The Morgan fingerprint density at radius 3 is 3.07 bits per heavy atom. The predicted octanol–water partition coefficient (Wildman–Crippen LogP) is 1.75. The van der Waals surface area contributed by atoms with Crippen LogP contribution in [0.2, 0.25) is 0 Å². The van der Waals surface area contributed by atoms with E-state index in [0.29, 0.717) is 32.1 Å². The van der Waals surface area contributed by atoms with E-state index in [1.165, 1.54) is 0 Å². The van der Waals surface area contributed by atoms with E-state index in [4.69, 9.17) is 9.15 Å². The Balaban J connectivity index is 1.49. The first-order chi connectivity index (χ1) is 13.2. The molecule has 8 heteroatoms. The summed E-state index contributed by atoms with van der Waals surface area (Å²) in [6, 6.07) is 9.06. The number of carbonyl (C=O) groups excluding carboxylic acids is 1. The fourth-order valence-corrected chi connectivity index (χ4v) is 3.35. The van der Waals surface area contributed by atoms with Crippen LogP contribution in [0.3, 0.4) is 0 Å². The van der Waals surface area contributed by atoms with E-state index in [1.807, 2.05) is 24.3 Å². The van der Waals surface area contributed by atoms with Crippen molar-refractivity contribution in [3.63, 3.8) is 0 Å². The molecule has 27 heavy (non-hydrogen) atoms. The molecule has 1 N–H and O–H groups in total. The molecule has 0 aromatic carbocycles. The van der Waals surface area contributed by atoms with Gasteiger partial charge in [-0.05, 0) is 24.3 Å². The van der Waals surface area contributed by atoms with Crippen molar-refractivity contribution in [3.8, 4) is 5.88 Å². The molecule has 1 aliphatic rings. The molecule has 0 bridgehead atoms. The van der Waals surface area contributed by atoms with Crippen molar-refractivity contribution < 1.29 is 13.9 Å². The zero-order valence-electron chi connectivity index (χ0n) is 15.0. The maximum absolute atomic E-state index is 12.8. The molecule has 1 aliphatic heterocycles. The van der Waals surface area contributed by atoms with Gasteiger partial charge in [-0.1, -0.05) is 6.07 Å². The number of methoxy groups -OCH3 is 1. The number of rotatable bonds is 6. The smallest absolute Gasteiger partial charge is 0.246 e.